The Balaban J connectivity index is 1.28. The zero-order chi connectivity index (χ0) is 24.6. The molecule has 1 aromatic heterocycles. The second kappa shape index (κ2) is 9.39. The summed E-state index contributed by atoms with van der Waals surface area (Å²) in [5.41, 5.74) is 4.26. The molecular formula is C26H27F2N3O3S. The Morgan fingerprint density at radius 3 is 2.46 bits per heavy atom. The topological polar surface area (TPSA) is 71.5 Å². The number of likely N-dealkylation sites (tertiary alicyclic amines) is 1. The number of aromatic nitrogens is 1. The average Bonchev–Trinajstić information content (AvgIpc) is 3.19. The van der Waals surface area contributed by atoms with Gasteiger partial charge in [-0.05, 0) is 53.3 Å². The van der Waals surface area contributed by atoms with Crippen LogP contribution in [0.5, 0.6) is 0 Å². The lowest BCUT2D eigenvalue weighted by Crippen LogP contribution is -2.42. The van der Waals surface area contributed by atoms with Crippen LogP contribution in [0.4, 0.5) is 8.78 Å². The van der Waals surface area contributed by atoms with Crippen molar-refractivity contribution in [1.29, 1.82) is 0 Å². The third kappa shape index (κ3) is 5.13. The van der Waals surface area contributed by atoms with E-state index < -0.39 is 27.7 Å². The summed E-state index contributed by atoms with van der Waals surface area (Å²) in [5, 5.41) is 0. The van der Waals surface area contributed by atoms with E-state index >= 15 is 0 Å². The molecule has 35 heavy (non-hydrogen) atoms. The van der Waals surface area contributed by atoms with Gasteiger partial charge in [-0.3, -0.25) is 9.88 Å². The summed E-state index contributed by atoms with van der Waals surface area (Å²) in [6, 6.07) is 12.2. The maximum absolute atomic E-state index is 13.8. The van der Waals surface area contributed by atoms with Crippen LogP contribution >= 0.6 is 0 Å². The molecule has 184 valence electrons. The Labute approximate surface area is 204 Å². The minimum atomic E-state index is -3.60. The molecule has 0 amide bonds. The van der Waals surface area contributed by atoms with Gasteiger partial charge >= 0.3 is 0 Å². The standard InChI is InChI=1S/C26H27F2N3O3S/c1-35(32,33)30-25(20-6-7-23(27)24(28)14-20)19-4-2-18(3-5-19)16-31-12-9-26(10-13-31)22-15-29-11-8-21(22)17-34-26/h2-8,11,14-15,25,30H,9-10,12-13,16-17H2,1H3. The first kappa shape index (κ1) is 24.0. The van der Waals surface area contributed by atoms with E-state index in [1.165, 1.54) is 17.2 Å². The van der Waals surface area contributed by atoms with Gasteiger partial charge in [-0.2, -0.15) is 0 Å². The molecule has 5 rings (SSSR count). The monoisotopic (exact) mass is 499 g/mol. The summed E-state index contributed by atoms with van der Waals surface area (Å²) in [5.74, 6) is -2.00. The number of fused-ring (bicyclic) bond motifs is 2. The van der Waals surface area contributed by atoms with E-state index in [4.69, 9.17) is 4.74 Å². The van der Waals surface area contributed by atoms with Crippen LogP contribution in [0.3, 0.4) is 0 Å². The van der Waals surface area contributed by atoms with Crippen molar-refractivity contribution in [2.45, 2.75) is 37.6 Å². The van der Waals surface area contributed by atoms with E-state index in [1.54, 1.807) is 0 Å². The van der Waals surface area contributed by atoms with Crippen LogP contribution in [-0.2, 0) is 33.5 Å². The van der Waals surface area contributed by atoms with Gasteiger partial charge in [0.05, 0.1) is 24.5 Å². The minimum absolute atomic E-state index is 0.237. The summed E-state index contributed by atoms with van der Waals surface area (Å²) < 4.78 is 59.9. The molecule has 9 heteroatoms. The molecule has 2 aliphatic rings. The predicted molar refractivity (Wildman–Crippen MR) is 128 cm³/mol. The first-order valence-electron chi connectivity index (χ1n) is 11.5. The second-order valence-electron chi connectivity index (χ2n) is 9.33. The first-order chi connectivity index (χ1) is 16.7. The van der Waals surface area contributed by atoms with E-state index in [2.05, 4.69) is 14.6 Å². The lowest BCUT2D eigenvalue weighted by molar-refractivity contribution is -0.0800. The molecule has 1 fully saturated rings. The van der Waals surface area contributed by atoms with Crippen LogP contribution in [0.1, 0.15) is 46.7 Å². The third-order valence-electron chi connectivity index (χ3n) is 6.90. The van der Waals surface area contributed by atoms with Crippen LogP contribution in [0, 0.1) is 11.6 Å². The summed E-state index contributed by atoms with van der Waals surface area (Å²) in [6.45, 7) is 3.18. The van der Waals surface area contributed by atoms with Crippen LogP contribution in [0.15, 0.2) is 60.9 Å². The van der Waals surface area contributed by atoms with Crippen molar-refractivity contribution in [3.05, 3.63) is 100 Å². The molecule has 2 aromatic carbocycles. The zero-order valence-electron chi connectivity index (χ0n) is 19.4. The lowest BCUT2D eigenvalue weighted by atomic mass is 9.84. The number of nitrogens with one attached hydrogen (secondary N) is 1. The number of hydrogen-bond acceptors (Lipinski definition) is 5. The molecule has 2 aliphatic heterocycles. The molecule has 1 atom stereocenters. The van der Waals surface area contributed by atoms with E-state index in [1.807, 2.05) is 42.7 Å². The van der Waals surface area contributed by atoms with Crippen molar-refractivity contribution in [1.82, 2.24) is 14.6 Å². The Kier molecular flexibility index (Phi) is 6.43. The Bertz CT molecular complexity index is 1320. The number of piperidine rings is 1. The van der Waals surface area contributed by atoms with E-state index in [-0.39, 0.29) is 5.60 Å². The van der Waals surface area contributed by atoms with Crippen molar-refractivity contribution < 1.29 is 21.9 Å². The van der Waals surface area contributed by atoms with Gasteiger partial charge in [-0.1, -0.05) is 30.3 Å². The Morgan fingerprint density at radius 1 is 1.06 bits per heavy atom. The molecule has 1 N–H and O–H groups in total. The number of sulfonamides is 1. The summed E-state index contributed by atoms with van der Waals surface area (Å²) in [7, 11) is -3.60. The molecular weight excluding hydrogens is 472 g/mol. The van der Waals surface area contributed by atoms with Crippen molar-refractivity contribution in [3.8, 4) is 0 Å². The maximum atomic E-state index is 13.8. The van der Waals surface area contributed by atoms with Crippen LogP contribution in [0.2, 0.25) is 0 Å². The maximum Gasteiger partial charge on any atom is 0.209 e. The number of rotatable bonds is 6. The molecule has 1 saturated heterocycles. The van der Waals surface area contributed by atoms with E-state index in [0.717, 1.165) is 56.4 Å². The number of hydrogen-bond donors (Lipinski definition) is 1. The summed E-state index contributed by atoms with van der Waals surface area (Å²) >= 11 is 0. The van der Waals surface area contributed by atoms with Gasteiger partial charge < -0.3 is 4.74 Å². The molecule has 0 radical (unpaired) electrons. The number of pyridine rings is 1. The molecule has 0 bridgehead atoms. The number of ether oxygens (including phenoxy) is 1. The highest BCUT2D eigenvalue weighted by atomic mass is 32.2. The average molecular weight is 500 g/mol. The largest absolute Gasteiger partial charge is 0.365 e. The van der Waals surface area contributed by atoms with Crippen LogP contribution < -0.4 is 4.72 Å². The zero-order valence-corrected chi connectivity index (χ0v) is 20.2. The van der Waals surface area contributed by atoms with E-state index in [9.17, 15) is 17.2 Å². The molecule has 1 unspecified atom stereocenters. The minimum Gasteiger partial charge on any atom is -0.365 e. The molecule has 3 heterocycles. The summed E-state index contributed by atoms with van der Waals surface area (Å²) in [4.78, 5) is 6.67. The normalized spacial score (nSPS) is 18.5. The van der Waals surface area contributed by atoms with Crippen LogP contribution in [0.25, 0.3) is 0 Å². The second-order valence-corrected chi connectivity index (χ2v) is 11.1. The van der Waals surface area contributed by atoms with Crippen molar-refractivity contribution >= 4 is 10.0 Å². The Hall–Kier alpha value is -2.72. The van der Waals surface area contributed by atoms with Gasteiger partial charge in [-0.25, -0.2) is 21.9 Å². The molecule has 1 spiro atoms. The van der Waals surface area contributed by atoms with Crippen molar-refractivity contribution in [3.63, 3.8) is 0 Å². The SMILES string of the molecule is CS(=O)(=O)NC(c1ccc(CN2CCC3(CC2)OCc2ccncc23)cc1)c1ccc(F)c(F)c1. The van der Waals surface area contributed by atoms with Crippen LogP contribution in [-0.4, -0.2) is 37.6 Å². The van der Waals surface area contributed by atoms with Crippen molar-refractivity contribution in [2.24, 2.45) is 0 Å². The van der Waals surface area contributed by atoms with Crippen molar-refractivity contribution in [2.75, 3.05) is 19.3 Å². The fourth-order valence-electron chi connectivity index (χ4n) is 5.05. The van der Waals surface area contributed by atoms with Gasteiger partial charge in [0, 0.05) is 37.6 Å². The number of halogens is 2. The molecule has 0 aliphatic carbocycles. The Morgan fingerprint density at radius 2 is 1.77 bits per heavy atom. The predicted octanol–water partition coefficient (Wildman–Crippen LogP) is 4.02. The van der Waals surface area contributed by atoms with Gasteiger partial charge in [0.15, 0.2) is 11.6 Å². The van der Waals surface area contributed by atoms with Gasteiger partial charge in [0.25, 0.3) is 0 Å². The van der Waals surface area contributed by atoms with Gasteiger partial charge in [0.2, 0.25) is 10.0 Å². The quantitative estimate of drug-likeness (QED) is 0.555. The fraction of sp³-hybridized carbons (Fsp3) is 0.346. The molecule has 3 aromatic rings. The third-order valence-corrected chi connectivity index (χ3v) is 7.56. The highest BCUT2D eigenvalue weighted by molar-refractivity contribution is 7.88. The highest BCUT2D eigenvalue weighted by Crippen LogP contribution is 2.43. The summed E-state index contributed by atoms with van der Waals surface area (Å²) in [6.07, 6.45) is 6.59. The molecule has 6 nitrogen and oxygen atoms in total. The highest BCUT2D eigenvalue weighted by Gasteiger charge is 2.42. The molecule has 0 saturated carbocycles. The van der Waals surface area contributed by atoms with Gasteiger partial charge in [0.1, 0.15) is 0 Å². The number of nitrogens with zero attached hydrogens (tertiary/aromatic N) is 2. The van der Waals surface area contributed by atoms with Gasteiger partial charge in [-0.15, -0.1) is 0 Å². The lowest BCUT2D eigenvalue weighted by Gasteiger charge is -2.39. The number of benzene rings is 2. The first-order valence-corrected chi connectivity index (χ1v) is 13.4. The smallest absolute Gasteiger partial charge is 0.209 e. The fourth-order valence-corrected chi connectivity index (χ4v) is 5.75. The van der Waals surface area contributed by atoms with E-state index in [0.29, 0.717) is 17.7 Å².